The third-order valence-electron chi connectivity index (χ3n) is 4.58. The Kier molecular flexibility index (Phi) is 8.89. The number of benzene rings is 2. The van der Waals surface area contributed by atoms with Gasteiger partial charge in [0, 0.05) is 23.5 Å². The first-order valence-corrected chi connectivity index (χ1v) is 10.0. The van der Waals surface area contributed by atoms with Crippen LogP contribution in [-0.4, -0.2) is 12.5 Å². The van der Waals surface area contributed by atoms with Crippen LogP contribution in [0.2, 0.25) is 5.02 Å². The van der Waals surface area contributed by atoms with Crippen molar-refractivity contribution in [3.05, 3.63) is 82.1 Å². The van der Waals surface area contributed by atoms with Gasteiger partial charge in [-0.2, -0.15) is 0 Å². The lowest BCUT2D eigenvalue weighted by Gasteiger charge is -2.18. The van der Waals surface area contributed by atoms with Gasteiger partial charge in [-0.1, -0.05) is 54.1 Å². The number of esters is 1. The Bertz CT molecular complexity index is 790. The van der Waals surface area contributed by atoms with Crippen LogP contribution in [0.3, 0.4) is 0 Å². The summed E-state index contributed by atoms with van der Waals surface area (Å²) in [7, 11) is 0. The molecule has 0 heterocycles. The highest BCUT2D eigenvalue weighted by Gasteiger charge is 2.18. The SMILES string of the molecule is CCN/C=C(\N)CCC(CC(=O)OCc1ccccc1)c1ccc(Cl)c(C)c1. The first-order chi connectivity index (χ1) is 13.5. The summed E-state index contributed by atoms with van der Waals surface area (Å²) in [5.41, 5.74) is 9.90. The summed E-state index contributed by atoms with van der Waals surface area (Å²) in [6.07, 6.45) is 3.60. The zero-order valence-corrected chi connectivity index (χ0v) is 17.3. The molecule has 0 bridgehead atoms. The fraction of sp³-hybridized carbons (Fsp3) is 0.348. The van der Waals surface area contributed by atoms with E-state index in [9.17, 15) is 4.79 Å². The predicted molar refractivity (Wildman–Crippen MR) is 115 cm³/mol. The number of hydrogen-bond donors (Lipinski definition) is 2. The Labute approximate surface area is 172 Å². The average Bonchev–Trinajstić information content (AvgIpc) is 2.70. The second-order valence-electron chi connectivity index (χ2n) is 6.87. The summed E-state index contributed by atoms with van der Waals surface area (Å²) in [6, 6.07) is 15.6. The van der Waals surface area contributed by atoms with Gasteiger partial charge in [0.15, 0.2) is 0 Å². The molecule has 1 unspecified atom stereocenters. The Balaban J connectivity index is 2.04. The highest BCUT2D eigenvalue weighted by Crippen LogP contribution is 2.29. The number of aryl methyl sites for hydroxylation is 1. The Morgan fingerprint density at radius 3 is 2.68 bits per heavy atom. The lowest BCUT2D eigenvalue weighted by molar-refractivity contribution is -0.145. The molecular formula is C23H29ClN2O2. The van der Waals surface area contributed by atoms with Crippen molar-refractivity contribution < 1.29 is 9.53 Å². The summed E-state index contributed by atoms with van der Waals surface area (Å²) in [4.78, 5) is 12.5. The highest BCUT2D eigenvalue weighted by molar-refractivity contribution is 6.31. The number of carbonyl (C=O) groups is 1. The smallest absolute Gasteiger partial charge is 0.306 e. The molecule has 28 heavy (non-hydrogen) atoms. The topological polar surface area (TPSA) is 64.3 Å². The molecule has 1 atom stereocenters. The number of ether oxygens (including phenoxy) is 1. The lowest BCUT2D eigenvalue weighted by Crippen LogP contribution is -2.13. The van der Waals surface area contributed by atoms with Gasteiger partial charge in [-0.25, -0.2) is 0 Å². The largest absolute Gasteiger partial charge is 0.461 e. The minimum absolute atomic E-state index is 0.0211. The molecule has 2 aromatic rings. The molecule has 4 nitrogen and oxygen atoms in total. The quantitative estimate of drug-likeness (QED) is 0.547. The van der Waals surface area contributed by atoms with Crippen molar-refractivity contribution in [1.29, 1.82) is 0 Å². The first-order valence-electron chi connectivity index (χ1n) is 9.63. The minimum Gasteiger partial charge on any atom is -0.461 e. The van der Waals surface area contributed by atoms with Gasteiger partial charge in [-0.15, -0.1) is 0 Å². The number of hydrogen-bond acceptors (Lipinski definition) is 4. The van der Waals surface area contributed by atoms with E-state index in [-0.39, 0.29) is 18.5 Å². The van der Waals surface area contributed by atoms with E-state index < -0.39 is 0 Å². The number of nitrogens with two attached hydrogens (primary N) is 1. The van der Waals surface area contributed by atoms with Crippen LogP contribution in [-0.2, 0) is 16.1 Å². The fourth-order valence-corrected chi connectivity index (χ4v) is 3.07. The number of allylic oxidation sites excluding steroid dienone is 1. The van der Waals surface area contributed by atoms with E-state index in [1.54, 1.807) is 0 Å². The molecule has 0 radical (unpaired) electrons. The number of halogens is 1. The van der Waals surface area contributed by atoms with Crippen LogP contribution in [0.25, 0.3) is 0 Å². The number of rotatable bonds is 10. The van der Waals surface area contributed by atoms with Crippen molar-refractivity contribution in [1.82, 2.24) is 5.32 Å². The Morgan fingerprint density at radius 1 is 1.25 bits per heavy atom. The molecule has 0 amide bonds. The Morgan fingerprint density at radius 2 is 2.00 bits per heavy atom. The molecule has 0 aliphatic rings. The summed E-state index contributed by atoms with van der Waals surface area (Å²) in [5.74, 6) is -0.191. The van der Waals surface area contributed by atoms with E-state index in [0.717, 1.165) is 40.4 Å². The molecule has 0 aliphatic carbocycles. The number of nitrogens with one attached hydrogen (secondary N) is 1. The van der Waals surface area contributed by atoms with Crippen LogP contribution < -0.4 is 11.1 Å². The molecule has 2 aromatic carbocycles. The molecule has 0 spiro atoms. The van der Waals surface area contributed by atoms with E-state index in [1.807, 2.05) is 68.6 Å². The summed E-state index contributed by atoms with van der Waals surface area (Å²) in [6.45, 7) is 5.10. The van der Waals surface area contributed by atoms with Crippen LogP contribution in [0.15, 0.2) is 60.4 Å². The molecule has 150 valence electrons. The van der Waals surface area contributed by atoms with Crippen molar-refractivity contribution in [3.63, 3.8) is 0 Å². The molecule has 0 aromatic heterocycles. The molecule has 3 N–H and O–H groups in total. The van der Waals surface area contributed by atoms with Crippen LogP contribution in [0, 0.1) is 6.92 Å². The second kappa shape index (κ2) is 11.4. The maximum atomic E-state index is 12.5. The average molecular weight is 401 g/mol. The molecule has 0 aliphatic heterocycles. The standard InChI is InChI=1S/C23H29ClN2O2/c1-3-26-15-21(25)11-9-20(19-10-12-22(24)17(2)13-19)14-23(27)28-16-18-7-5-4-6-8-18/h4-8,10,12-13,15,20,26H,3,9,11,14,16,25H2,1-2H3/b21-15-. The van der Waals surface area contributed by atoms with E-state index in [1.165, 1.54) is 0 Å². The summed E-state index contributed by atoms with van der Waals surface area (Å²) < 4.78 is 5.48. The third-order valence-corrected chi connectivity index (χ3v) is 5.01. The normalized spacial score (nSPS) is 12.5. The Hall–Kier alpha value is -2.46. The zero-order valence-electron chi connectivity index (χ0n) is 16.6. The van der Waals surface area contributed by atoms with Crippen molar-refractivity contribution in [3.8, 4) is 0 Å². The molecule has 0 saturated heterocycles. The zero-order chi connectivity index (χ0) is 20.4. The predicted octanol–water partition coefficient (Wildman–Crippen LogP) is 5.06. The van der Waals surface area contributed by atoms with Crippen LogP contribution in [0.5, 0.6) is 0 Å². The highest BCUT2D eigenvalue weighted by atomic mass is 35.5. The van der Waals surface area contributed by atoms with Gasteiger partial charge in [0.25, 0.3) is 0 Å². The lowest BCUT2D eigenvalue weighted by atomic mass is 9.90. The van der Waals surface area contributed by atoms with E-state index in [0.29, 0.717) is 12.8 Å². The fourth-order valence-electron chi connectivity index (χ4n) is 2.95. The van der Waals surface area contributed by atoms with Gasteiger partial charge in [0.05, 0.1) is 6.42 Å². The monoisotopic (exact) mass is 400 g/mol. The van der Waals surface area contributed by atoms with Crippen LogP contribution >= 0.6 is 11.6 Å². The summed E-state index contributed by atoms with van der Waals surface area (Å²) in [5, 5.41) is 3.83. The maximum absolute atomic E-state index is 12.5. The molecular weight excluding hydrogens is 372 g/mol. The van der Waals surface area contributed by atoms with Gasteiger partial charge in [0.1, 0.15) is 6.61 Å². The minimum atomic E-state index is -0.212. The summed E-state index contributed by atoms with van der Waals surface area (Å²) >= 11 is 6.16. The van der Waals surface area contributed by atoms with Crippen molar-refractivity contribution in [2.45, 2.75) is 45.6 Å². The van der Waals surface area contributed by atoms with E-state index in [4.69, 9.17) is 22.1 Å². The van der Waals surface area contributed by atoms with Gasteiger partial charge >= 0.3 is 5.97 Å². The van der Waals surface area contributed by atoms with E-state index in [2.05, 4.69) is 5.32 Å². The second-order valence-corrected chi connectivity index (χ2v) is 7.28. The van der Waals surface area contributed by atoms with Gasteiger partial charge in [-0.05, 0) is 55.4 Å². The van der Waals surface area contributed by atoms with Crippen LogP contribution in [0.1, 0.15) is 48.8 Å². The third kappa shape index (κ3) is 7.28. The van der Waals surface area contributed by atoms with E-state index >= 15 is 0 Å². The van der Waals surface area contributed by atoms with Crippen molar-refractivity contribution in [2.24, 2.45) is 5.73 Å². The van der Waals surface area contributed by atoms with Gasteiger partial charge in [0.2, 0.25) is 0 Å². The first kappa shape index (κ1) is 21.8. The molecule has 2 rings (SSSR count). The van der Waals surface area contributed by atoms with Crippen LogP contribution in [0.4, 0.5) is 0 Å². The molecule has 5 heteroatoms. The number of carbonyl (C=O) groups excluding carboxylic acids is 1. The molecule has 0 fully saturated rings. The maximum Gasteiger partial charge on any atom is 0.306 e. The van der Waals surface area contributed by atoms with Gasteiger partial charge < -0.3 is 15.8 Å². The van der Waals surface area contributed by atoms with Crippen molar-refractivity contribution >= 4 is 17.6 Å². The molecule has 0 saturated carbocycles. The van der Waals surface area contributed by atoms with Gasteiger partial charge in [-0.3, -0.25) is 4.79 Å². The van der Waals surface area contributed by atoms with Crippen molar-refractivity contribution in [2.75, 3.05) is 6.54 Å².